The molecular weight excluding hydrogens is 538 g/mol. The molecule has 2 heterocycles. The van der Waals surface area contributed by atoms with Crippen LogP contribution in [0.1, 0.15) is 68.1 Å². The molecule has 0 radical (unpaired) electrons. The highest BCUT2D eigenvalue weighted by Crippen LogP contribution is 2.46. The van der Waals surface area contributed by atoms with Crippen LogP contribution in [0.3, 0.4) is 0 Å². The lowest BCUT2D eigenvalue weighted by atomic mass is 9.69. The molecule has 0 saturated carbocycles. The maximum atomic E-state index is 12.9. The van der Waals surface area contributed by atoms with E-state index in [1.54, 1.807) is 31.1 Å². The molecule has 2 aromatic carbocycles. The van der Waals surface area contributed by atoms with Gasteiger partial charge in [0.25, 0.3) is 11.8 Å². The number of hydrogen-bond donors (Lipinski definition) is 4. The first-order valence-electron chi connectivity index (χ1n) is 14.0. The number of carbonyl (C=O) groups is 3. The van der Waals surface area contributed by atoms with E-state index in [0.717, 1.165) is 28.7 Å². The molecule has 5 rings (SSSR count). The monoisotopic (exact) mass is 571 g/mol. The van der Waals surface area contributed by atoms with E-state index in [1.807, 2.05) is 24.3 Å². The molecule has 218 valence electrons. The van der Waals surface area contributed by atoms with Crippen molar-refractivity contribution in [1.29, 1.82) is 5.26 Å². The van der Waals surface area contributed by atoms with Gasteiger partial charge in [0.05, 0.1) is 18.0 Å². The highest BCUT2D eigenvalue weighted by atomic mass is 16.5. The van der Waals surface area contributed by atoms with Gasteiger partial charge in [0.15, 0.2) is 5.82 Å². The summed E-state index contributed by atoms with van der Waals surface area (Å²) < 4.78 is 5.08. The maximum Gasteiger partial charge on any atom is 0.459 e. The fourth-order valence-corrected chi connectivity index (χ4v) is 6.25. The number of benzene rings is 2. The van der Waals surface area contributed by atoms with Crippen molar-refractivity contribution in [2.24, 2.45) is 0 Å². The van der Waals surface area contributed by atoms with Crippen LogP contribution in [-0.4, -0.2) is 72.5 Å². The number of nitrogens with one attached hydrogen (secondary N) is 4. The minimum Gasteiger partial charge on any atom is -0.355 e. The molecule has 2 aliphatic rings. The van der Waals surface area contributed by atoms with Crippen LogP contribution in [-0.2, 0) is 23.1 Å². The fourth-order valence-electron chi connectivity index (χ4n) is 6.25. The summed E-state index contributed by atoms with van der Waals surface area (Å²) in [6.07, 6.45) is 2.99. The number of nitrogens with zero attached hydrogens (tertiary/aromatic N) is 3. The molecule has 0 spiro atoms. The van der Waals surface area contributed by atoms with Gasteiger partial charge in [-0.05, 0) is 85.2 Å². The summed E-state index contributed by atoms with van der Waals surface area (Å²) in [7, 11) is 3.14. The van der Waals surface area contributed by atoms with Crippen molar-refractivity contribution in [3.63, 3.8) is 0 Å². The summed E-state index contributed by atoms with van der Waals surface area (Å²) in [5.74, 6) is -1.08. The molecule has 42 heavy (non-hydrogen) atoms. The van der Waals surface area contributed by atoms with Gasteiger partial charge in [0, 0.05) is 31.8 Å². The molecule has 4 N–H and O–H groups in total. The molecule has 1 aliphatic heterocycles. The lowest BCUT2D eigenvalue weighted by Crippen LogP contribution is -2.42. The summed E-state index contributed by atoms with van der Waals surface area (Å²) >= 11 is 0. The highest BCUT2D eigenvalue weighted by Gasteiger charge is 2.44. The number of aryl methyl sites for hydroxylation is 2. The number of H-pyrrole nitrogens is 1. The van der Waals surface area contributed by atoms with E-state index in [4.69, 9.17) is 4.52 Å². The predicted octanol–water partition coefficient (Wildman–Crippen LogP) is 1.01. The lowest BCUT2D eigenvalue weighted by Gasteiger charge is -2.35. The summed E-state index contributed by atoms with van der Waals surface area (Å²) in [6.45, 7) is 0.957. The van der Waals surface area contributed by atoms with Gasteiger partial charge in [-0.15, -0.1) is 0 Å². The van der Waals surface area contributed by atoms with Crippen LogP contribution in [0.5, 0.6) is 0 Å². The Bertz CT molecular complexity index is 1550. The minimum atomic E-state index is -1.03. The van der Waals surface area contributed by atoms with Gasteiger partial charge in [0.1, 0.15) is 6.04 Å². The summed E-state index contributed by atoms with van der Waals surface area (Å²) in [4.78, 5) is 56.0. The SMILES string of the molecule is CNC(=O)c1ccc2c(c1)CCc1cc(C(=O)NC)ccc1C2(CCNCC(=O)N1CCCC1C#N)c1nc(=O)o[nH]1. The molecule has 1 unspecified atom stereocenters. The summed E-state index contributed by atoms with van der Waals surface area (Å²) in [5.41, 5.74) is 3.42. The van der Waals surface area contributed by atoms with E-state index in [2.05, 4.69) is 32.2 Å². The van der Waals surface area contributed by atoms with Gasteiger partial charge in [-0.2, -0.15) is 10.2 Å². The molecule has 0 bridgehead atoms. The smallest absolute Gasteiger partial charge is 0.355 e. The second kappa shape index (κ2) is 12.0. The number of nitriles is 1. The third kappa shape index (κ3) is 5.19. The molecule has 3 aromatic rings. The van der Waals surface area contributed by atoms with Crippen LogP contribution < -0.4 is 21.7 Å². The minimum absolute atomic E-state index is 0.0501. The largest absolute Gasteiger partial charge is 0.459 e. The number of rotatable bonds is 8. The topological polar surface area (TPSA) is 173 Å². The number of fused-ring (bicyclic) bond motifs is 2. The van der Waals surface area contributed by atoms with Gasteiger partial charge in [-0.25, -0.2) is 9.95 Å². The van der Waals surface area contributed by atoms with Gasteiger partial charge in [-0.3, -0.25) is 14.4 Å². The first-order valence-corrected chi connectivity index (χ1v) is 14.0. The van der Waals surface area contributed by atoms with E-state index in [0.29, 0.717) is 49.9 Å². The van der Waals surface area contributed by atoms with Crippen LogP contribution in [0.25, 0.3) is 0 Å². The van der Waals surface area contributed by atoms with Crippen LogP contribution in [0.2, 0.25) is 0 Å². The van der Waals surface area contributed by atoms with Crippen molar-refractivity contribution < 1.29 is 18.9 Å². The first-order chi connectivity index (χ1) is 20.3. The lowest BCUT2D eigenvalue weighted by molar-refractivity contribution is -0.130. The van der Waals surface area contributed by atoms with Crippen molar-refractivity contribution in [2.45, 2.75) is 43.6 Å². The zero-order valence-corrected chi connectivity index (χ0v) is 23.6. The normalized spacial score (nSPS) is 17.0. The molecule has 1 aliphatic carbocycles. The Balaban J connectivity index is 1.58. The summed E-state index contributed by atoms with van der Waals surface area (Å²) in [6, 6.07) is 12.7. The van der Waals surface area contributed by atoms with E-state index in [9.17, 15) is 24.4 Å². The third-order valence-electron chi connectivity index (χ3n) is 8.29. The van der Waals surface area contributed by atoms with Gasteiger partial charge >= 0.3 is 5.76 Å². The average Bonchev–Trinajstić information content (AvgIpc) is 3.66. The third-order valence-corrected chi connectivity index (χ3v) is 8.29. The number of amides is 3. The fraction of sp³-hybridized carbons (Fsp3) is 0.400. The zero-order valence-electron chi connectivity index (χ0n) is 23.6. The van der Waals surface area contributed by atoms with Crippen molar-refractivity contribution >= 4 is 17.7 Å². The summed E-state index contributed by atoms with van der Waals surface area (Å²) in [5, 5.41) is 20.7. The van der Waals surface area contributed by atoms with Gasteiger partial charge in [-0.1, -0.05) is 12.1 Å². The Morgan fingerprint density at radius 1 is 1.07 bits per heavy atom. The van der Waals surface area contributed by atoms with Crippen molar-refractivity contribution in [2.75, 3.05) is 33.7 Å². The Kier molecular flexibility index (Phi) is 8.22. The average molecular weight is 572 g/mol. The number of likely N-dealkylation sites (tertiary alicyclic amines) is 1. The molecular formula is C30H33N7O5. The van der Waals surface area contributed by atoms with E-state index < -0.39 is 17.2 Å². The Morgan fingerprint density at radius 3 is 2.21 bits per heavy atom. The van der Waals surface area contributed by atoms with Gasteiger partial charge < -0.3 is 25.4 Å². The second-order valence-electron chi connectivity index (χ2n) is 10.5. The Morgan fingerprint density at radius 2 is 1.69 bits per heavy atom. The standard InChI is InChI=1S/C30H33N7O5/c1-32-26(39)20-7-9-23-18(14-20)5-6-19-15-21(27(40)33-2)8-10-24(19)30(23,28-35-29(41)42-36-28)11-12-34-17-25(38)37-13-3-4-22(37)16-31/h7-10,14-15,22,34H,3-6,11-13,17H2,1-2H3,(H,32,39)(H,33,40)(H,35,36,41). The quantitative estimate of drug-likeness (QED) is 0.290. The molecule has 1 atom stereocenters. The number of hydrogen-bond acceptors (Lipinski definition) is 8. The predicted molar refractivity (Wildman–Crippen MR) is 152 cm³/mol. The molecule has 12 nitrogen and oxygen atoms in total. The van der Waals surface area contributed by atoms with Crippen molar-refractivity contribution in [1.82, 2.24) is 31.0 Å². The van der Waals surface area contributed by atoms with Crippen LogP contribution in [0.15, 0.2) is 45.7 Å². The highest BCUT2D eigenvalue weighted by molar-refractivity contribution is 5.95. The Labute approximate surface area is 242 Å². The molecule has 1 aromatic heterocycles. The second-order valence-corrected chi connectivity index (χ2v) is 10.5. The van der Waals surface area contributed by atoms with Crippen LogP contribution in [0, 0.1) is 11.3 Å². The van der Waals surface area contributed by atoms with Crippen molar-refractivity contribution in [3.8, 4) is 6.07 Å². The van der Waals surface area contributed by atoms with E-state index in [1.165, 1.54) is 0 Å². The van der Waals surface area contributed by atoms with Gasteiger partial charge in [0.2, 0.25) is 5.91 Å². The van der Waals surface area contributed by atoms with E-state index in [-0.39, 0.29) is 30.1 Å². The molecule has 1 fully saturated rings. The number of carbonyl (C=O) groups excluding carboxylic acids is 3. The number of aromatic amines is 1. The van der Waals surface area contributed by atoms with Crippen LogP contribution >= 0.6 is 0 Å². The van der Waals surface area contributed by atoms with Crippen molar-refractivity contribution in [3.05, 3.63) is 86.2 Å². The molecule has 3 amide bonds. The Hall–Kier alpha value is -4.76. The first kappa shape index (κ1) is 28.8. The zero-order chi connectivity index (χ0) is 29.9. The van der Waals surface area contributed by atoms with E-state index >= 15 is 0 Å². The van der Waals surface area contributed by atoms with Crippen LogP contribution in [0.4, 0.5) is 0 Å². The number of aromatic nitrogens is 2. The molecule has 1 saturated heterocycles. The maximum absolute atomic E-state index is 12.9. The molecule has 12 heteroatoms.